The molecule has 2 aromatic rings. The summed E-state index contributed by atoms with van der Waals surface area (Å²) in [7, 11) is 0. The Hall–Kier alpha value is -2.02. The molecule has 0 aliphatic carbocycles. The number of ketones is 1. The van der Waals surface area contributed by atoms with Gasteiger partial charge in [0.15, 0.2) is 5.78 Å². The van der Waals surface area contributed by atoms with Gasteiger partial charge in [-0.2, -0.15) is 13.9 Å². The quantitative estimate of drug-likeness (QED) is 0.566. The summed E-state index contributed by atoms with van der Waals surface area (Å²) in [5.74, 6) is -0.221. The summed E-state index contributed by atoms with van der Waals surface area (Å²) >= 11 is 3.36. The van der Waals surface area contributed by atoms with E-state index in [0.717, 1.165) is 10.2 Å². The number of carbonyl (C=O) groups is 1. The molecule has 0 saturated carbocycles. The van der Waals surface area contributed by atoms with Gasteiger partial charge in [0.25, 0.3) is 0 Å². The zero-order valence-electron chi connectivity index (χ0n) is 11.7. The van der Waals surface area contributed by atoms with Crippen molar-refractivity contribution in [3.63, 3.8) is 0 Å². The van der Waals surface area contributed by atoms with Crippen LogP contribution in [0.2, 0.25) is 0 Å². The Bertz CT molecular complexity index is 681. The lowest BCUT2D eigenvalue weighted by Gasteiger charge is -2.04. The zero-order chi connectivity index (χ0) is 16.1. The lowest BCUT2D eigenvalue weighted by molar-refractivity contribution is -0.0498. The highest BCUT2D eigenvalue weighted by molar-refractivity contribution is 9.10. The fraction of sp³-hybridized carbons (Fsp3) is 0.200. The molecular formula is C15H13BrF2N2O2. The molecule has 0 fully saturated rings. The average Bonchev–Trinajstić information content (AvgIpc) is 2.85. The zero-order valence-corrected chi connectivity index (χ0v) is 13.3. The van der Waals surface area contributed by atoms with Crippen LogP contribution >= 0.6 is 15.9 Å². The van der Waals surface area contributed by atoms with Gasteiger partial charge < -0.3 is 4.74 Å². The Kier molecular flexibility index (Phi) is 5.43. The van der Waals surface area contributed by atoms with Gasteiger partial charge in [-0.05, 0) is 59.3 Å². The van der Waals surface area contributed by atoms with Gasteiger partial charge in [0.2, 0.25) is 0 Å². The molecule has 0 bridgehead atoms. The molecule has 0 radical (unpaired) electrons. The number of ether oxygens (including phenoxy) is 1. The van der Waals surface area contributed by atoms with Crippen LogP contribution in [0.5, 0.6) is 5.75 Å². The number of aryl methyl sites for hydroxylation is 1. The van der Waals surface area contributed by atoms with Gasteiger partial charge >= 0.3 is 6.61 Å². The van der Waals surface area contributed by atoms with Crippen LogP contribution in [0.1, 0.15) is 23.0 Å². The van der Waals surface area contributed by atoms with E-state index in [4.69, 9.17) is 0 Å². The van der Waals surface area contributed by atoms with Crippen LogP contribution in [0.4, 0.5) is 8.78 Å². The molecule has 1 aromatic heterocycles. The smallest absolute Gasteiger partial charge is 0.387 e. The van der Waals surface area contributed by atoms with Gasteiger partial charge in [0.05, 0.1) is 16.4 Å². The summed E-state index contributed by atoms with van der Waals surface area (Å²) < 4.78 is 30.9. The molecule has 0 amide bonds. The summed E-state index contributed by atoms with van der Waals surface area (Å²) in [6.45, 7) is -0.257. The first-order valence-electron chi connectivity index (χ1n) is 6.50. The van der Waals surface area contributed by atoms with Crippen molar-refractivity contribution in [1.82, 2.24) is 9.78 Å². The van der Waals surface area contributed by atoms with Gasteiger partial charge in [0.1, 0.15) is 5.75 Å². The Morgan fingerprint density at radius 3 is 2.68 bits per heavy atom. The number of hydrogen-bond donors (Lipinski definition) is 0. The van der Waals surface area contributed by atoms with Crippen molar-refractivity contribution >= 4 is 27.8 Å². The second-order valence-corrected chi connectivity index (χ2v) is 5.15. The molecule has 0 atom stereocenters. The van der Waals surface area contributed by atoms with Crippen LogP contribution < -0.4 is 4.74 Å². The molecule has 0 unspecified atom stereocenters. The first-order chi connectivity index (χ1) is 10.5. The predicted molar refractivity (Wildman–Crippen MR) is 82.0 cm³/mol. The van der Waals surface area contributed by atoms with Crippen molar-refractivity contribution in [3.05, 3.63) is 52.3 Å². The maximum atomic E-state index is 12.1. The van der Waals surface area contributed by atoms with Crippen molar-refractivity contribution in [2.75, 3.05) is 0 Å². The molecule has 1 aromatic carbocycles. The minimum atomic E-state index is -2.88. The van der Waals surface area contributed by atoms with E-state index in [1.165, 1.54) is 30.3 Å². The van der Waals surface area contributed by atoms with E-state index < -0.39 is 6.61 Å². The molecular weight excluding hydrogens is 358 g/mol. The summed E-state index contributed by atoms with van der Waals surface area (Å²) in [5, 5.41) is 4.14. The molecule has 1 heterocycles. The second kappa shape index (κ2) is 7.31. The Labute approximate surface area is 134 Å². The third-order valence-electron chi connectivity index (χ3n) is 2.89. The Morgan fingerprint density at radius 2 is 2.09 bits per heavy atom. The van der Waals surface area contributed by atoms with Crippen molar-refractivity contribution in [2.24, 2.45) is 0 Å². The van der Waals surface area contributed by atoms with E-state index >= 15 is 0 Å². The number of aromatic nitrogens is 2. The van der Waals surface area contributed by atoms with E-state index in [-0.39, 0.29) is 11.5 Å². The summed E-state index contributed by atoms with van der Waals surface area (Å²) in [6.07, 6.45) is 4.73. The third kappa shape index (κ3) is 4.00. The SMILES string of the molecule is CCn1ncc(Br)c1/C=C/C(=O)c1ccc(OC(F)F)cc1. The Balaban J connectivity index is 2.11. The first-order valence-corrected chi connectivity index (χ1v) is 7.29. The summed E-state index contributed by atoms with van der Waals surface area (Å²) in [4.78, 5) is 12.1. The maximum Gasteiger partial charge on any atom is 0.387 e. The molecule has 22 heavy (non-hydrogen) atoms. The van der Waals surface area contributed by atoms with Crippen LogP contribution in [0.25, 0.3) is 6.08 Å². The second-order valence-electron chi connectivity index (χ2n) is 4.29. The fourth-order valence-electron chi connectivity index (χ4n) is 1.84. The topological polar surface area (TPSA) is 44.1 Å². The highest BCUT2D eigenvalue weighted by Crippen LogP contribution is 2.19. The molecule has 0 aliphatic heterocycles. The van der Waals surface area contributed by atoms with E-state index in [0.29, 0.717) is 12.1 Å². The molecule has 4 nitrogen and oxygen atoms in total. The first kappa shape index (κ1) is 16.4. The van der Waals surface area contributed by atoms with Crippen molar-refractivity contribution in [1.29, 1.82) is 0 Å². The van der Waals surface area contributed by atoms with Gasteiger partial charge in [-0.25, -0.2) is 0 Å². The third-order valence-corrected chi connectivity index (χ3v) is 3.50. The maximum absolute atomic E-state index is 12.1. The van der Waals surface area contributed by atoms with Crippen LogP contribution in [-0.2, 0) is 6.54 Å². The minimum absolute atomic E-state index is 0.0160. The van der Waals surface area contributed by atoms with Gasteiger partial charge in [-0.15, -0.1) is 0 Å². The lowest BCUT2D eigenvalue weighted by Crippen LogP contribution is -2.02. The van der Waals surface area contributed by atoms with Gasteiger partial charge in [0, 0.05) is 12.1 Å². The van der Waals surface area contributed by atoms with Crippen LogP contribution in [0.3, 0.4) is 0 Å². The largest absolute Gasteiger partial charge is 0.435 e. The number of hydrogen-bond acceptors (Lipinski definition) is 3. The molecule has 116 valence electrons. The van der Waals surface area contributed by atoms with E-state index in [9.17, 15) is 13.6 Å². The highest BCUT2D eigenvalue weighted by Gasteiger charge is 2.08. The van der Waals surface area contributed by atoms with Gasteiger partial charge in [-0.1, -0.05) is 0 Å². The van der Waals surface area contributed by atoms with Crippen LogP contribution in [0.15, 0.2) is 41.0 Å². The van der Waals surface area contributed by atoms with E-state index in [2.05, 4.69) is 25.8 Å². The molecule has 0 spiro atoms. The highest BCUT2D eigenvalue weighted by atomic mass is 79.9. The van der Waals surface area contributed by atoms with E-state index in [1.807, 2.05) is 6.92 Å². The monoisotopic (exact) mass is 370 g/mol. The van der Waals surface area contributed by atoms with Crippen LogP contribution in [0, 0.1) is 0 Å². The summed E-state index contributed by atoms with van der Waals surface area (Å²) in [6, 6.07) is 5.55. The predicted octanol–water partition coefficient (Wildman–Crippen LogP) is 4.16. The molecule has 0 saturated heterocycles. The number of allylic oxidation sites excluding steroid dienone is 1. The normalized spacial score (nSPS) is 11.3. The standard InChI is InChI=1S/C15H13BrF2N2O2/c1-2-20-13(12(16)9-19-20)7-8-14(21)10-3-5-11(6-4-10)22-15(17)18/h3-9,15H,2H2,1H3/b8-7+. The number of rotatable bonds is 6. The lowest BCUT2D eigenvalue weighted by atomic mass is 10.1. The molecule has 2 rings (SSSR count). The Morgan fingerprint density at radius 1 is 1.41 bits per heavy atom. The molecule has 7 heteroatoms. The molecule has 0 aliphatic rings. The van der Waals surface area contributed by atoms with Gasteiger partial charge in [-0.3, -0.25) is 9.48 Å². The number of benzene rings is 1. The number of carbonyl (C=O) groups excluding carboxylic acids is 1. The van der Waals surface area contributed by atoms with Crippen molar-refractivity contribution < 1.29 is 18.3 Å². The van der Waals surface area contributed by atoms with E-state index in [1.54, 1.807) is 17.0 Å². The summed E-state index contributed by atoms with van der Waals surface area (Å²) in [5.41, 5.74) is 1.17. The van der Waals surface area contributed by atoms with Crippen molar-refractivity contribution in [3.8, 4) is 5.75 Å². The number of nitrogens with zero attached hydrogens (tertiary/aromatic N) is 2. The fourth-order valence-corrected chi connectivity index (χ4v) is 2.27. The van der Waals surface area contributed by atoms with Crippen molar-refractivity contribution in [2.45, 2.75) is 20.1 Å². The number of alkyl halides is 2. The number of halogens is 3. The van der Waals surface area contributed by atoms with Crippen LogP contribution in [-0.4, -0.2) is 22.2 Å². The average molecular weight is 371 g/mol. The minimum Gasteiger partial charge on any atom is -0.435 e. The molecule has 0 N–H and O–H groups in total.